The van der Waals surface area contributed by atoms with Crippen LogP contribution >= 0.6 is 0 Å². The number of nitrogens with one attached hydrogen (secondary N) is 1. The molecule has 0 radical (unpaired) electrons. The quantitative estimate of drug-likeness (QED) is 0.559. The smallest absolute Gasteiger partial charge is 0.377 e. The van der Waals surface area contributed by atoms with Crippen molar-refractivity contribution in [3.63, 3.8) is 0 Å². The Bertz CT molecular complexity index is 1300. The zero-order chi connectivity index (χ0) is 25.6. The predicted octanol–water partition coefficient (Wildman–Crippen LogP) is 4.12. The first-order chi connectivity index (χ1) is 17.3. The van der Waals surface area contributed by atoms with Gasteiger partial charge in [0, 0.05) is 18.1 Å². The molecule has 0 unspecified atom stereocenters. The van der Waals surface area contributed by atoms with E-state index in [-0.39, 0.29) is 28.8 Å². The second kappa shape index (κ2) is 11.1. The number of guanidine groups is 1. The van der Waals surface area contributed by atoms with Crippen molar-refractivity contribution in [2.75, 3.05) is 31.3 Å². The Balaban J connectivity index is 0.000000445. The molecule has 0 aliphatic carbocycles. The van der Waals surface area contributed by atoms with E-state index < -0.39 is 21.8 Å². The van der Waals surface area contributed by atoms with Crippen LogP contribution in [0.5, 0.6) is 0 Å². The van der Waals surface area contributed by atoms with E-state index in [1.165, 1.54) is 29.3 Å². The third-order valence-electron chi connectivity index (χ3n) is 5.16. The lowest BCUT2D eigenvalue weighted by atomic mass is 10.1. The number of halogens is 3. The van der Waals surface area contributed by atoms with Gasteiger partial charge >= 0.3 is 6.18 Å². The fourth-order valence-corrected chi connectivity index (χ4v) is 4.61. The Hall–Kier alpha value is -3.48. The summed E-state index contributed by atoms with van der Waals surface area (Å²) in [5, 5.41) is 0. The Morgan fingerprint density at radius 1 is 0.972 bits per heavy atom. The van der Waals surface area contributed by atoms with Crippen molar-refractivity contribution in [2.24, 2.45) is 4.99 Å². The minimum Gasteiger partial charge on any atom is -0.377 e. The largest absolute Gasteiger partial charge is 0.416 e. The summed E-state index contributed by atoms with van der Waals surface area (Å²) in [5.41, 5.74) is 0.238. The van der Waals surface area contributed by atoms with Crippen LogP contribution < -0.4 is 9.62 Å². The average molecular weight is 521 g/mol. The highest BCUT2D eigenvalue weighted by atomic mass is 32.2. The molecule has 36 heavy (non-hydrogen) atoms. The Morgan fingerprint density at radius 3 is 2.31 bits per heavy atom. The van der Waals surface area contributed by atoms with Crippen molar-refractivity contribution in [3.05, 3.63) is 84.2 Å². The van der Waals surface area contributed by atoms with Gasteiger partial charge in [-0.25, -0.2) is 18.1 Å². The van der Waals surface area contributed by atoms with E-state index in [0.717, 1.165) is 50.3 Å². The third-order valence-corrected chi connectivity index (χ3v) is 6.51. The first-order valence-corrected chi connectivity index (χ1v) is 12.4. The molecule has 0 bridgehead atoms. The van der Waals surface area contributed by atoms with E-state index in [9.17, 15) is 21.6 Å². The SMILES string of the molecule is C1COCCO1.O=S1(=O)NC(=NCc2ccccc2)N(c2cccc(C(F)(F)F)c2)c2ccncc21. The molecule has 8 nitrogen and oxygen atoms in total. The van der Waals surface area contributed by atoms with Gasteiger partial charge < -0.3 is 9.47 Å². The van der Waals surface area contributed by atoms with E-state index in [1.807, 2.05) is 30.3 Å². The molecule has 3 aromatic rings. The van der Waals surface area contributed by atoms with Gasteiger partial charge in [-0.15, -0.1) is 0 Å². The second-order valence-electron chi connectivity index (χ2n) is 7.68. The van der Waals surface area contributed by atoms with Gasteiger partial charge in [0.2, 0.25) is 5.96 Å². The second-order valence-corrected chi connectivity index (χ2v) is 9.33. The number of fused-ring (bicyclic) bond motifs is 1. The van der Waals surface area contributed by atoms with Crippen molar-refractivity contribution < 1.29 is 31.1 Å². The first kappa shape index (κ1) is 25.6. The van der Waals surface area contributed by atoms with E-state index in [2.05, 4.69) is 14.7 Å². The van der Waals surface area contributed by atoms with Crippen LogP contribution in [0.15, 0.2) is 82.9 Å². The molecule has 12 heteroatoms. The first-order valence-electron chi connectivity index (χ1n) is 10.9. The Kier molecular flexibility index (Phi) is 7.87. The van der Waals surface area contributed by atoms with Crippen molar-refractivity contribution in [1.82, 2.24) is 9.71 Å². The zero-order valence-electron chi connectivity index (χ0n) is 19.0. The summed E-state index contributed by atoms with van der Waals surface area (Å²) >= 11 is 0. The molecule has 2 aliphatic heterocycles. The number of benzene rings is 2. The number of hydrogen-bond acceptors (Lipinski definition) is 6. The molecule has 0 saturated carbocycles. The van der Waals surface area contributed by atoms with Crippen LogP contribution in [0.1, 0.15) is 11.1 Å². The maximum absolute atomic E-state index is 13.3. The molecule has 2 aromatic carbocycles. The summed E-state index contributed by atoms with van der Waals surface area (Å²) < 4.78 is 77.3. The molecule has 3 heterocycles. The number of alkyl halides is 3. The summed E-state index contributed by atoms with van der Waals surface area (Å²) in [7, 11) is -3.98. The summed E-state index contributed by atoms with van der Waals surface area (Å²) in [4.78, 5) is 9.37. The van der Waals surface area contributed by atoms with Crippen molar-refractivity contribution in [3.8, 4) is 0 Å². The van der Waals surface area contributed by atoms with E-state index in [0.29, 0.717) is 0 Å². The molecule has 0 spiro atoms. The van der Waals surface area contributed by atoms with Gasteiger partial charge in [0.05, 0.1) is 44.2 Å². The number of rotatable bonds is 3. The van der Waals surface area contributed by atoms with Gasteiger partial charge in [0.15, 0.2) is 0 Å². The zero-order valence-corrected chi connectivity index (χ0v) is 19.8. The third kappa shape index (κ3) is 6.20. The summed E-state index contributed by atoms with van der Waals surface area (Å²) in [5.74, 6) is -0.100. The maximum Gasteiger partial charge on any atom is 0.416 e. The van der Waals surface area contributed by atoms with Gasteiger partial charge in [0.1, 0.15) is 4.90 Å². The van der Waals surface area contributed by atoms with Gasteiger partial charge in [0.25, 0.3) is 10.0 Å². The Morgan fingerprint density at radius 2 is 1.67 bits per heavy atom. The number of aromatic nitrogens is 1. The van der Waals surface area contributed by atoms with Crippen molar-refractivity contribution in [1.29, 1.82) is 0 Å². The monoisotopic (exact) mass is 520 g/mol. The highest BCUT2D eigenvalue weighted by Gasteiger charge is 2.36. The summed E-state index contributed by atoms with van der Waals surface area (Å²) in [6.07, 6.45) is -2.03. The van der Waals surface area contributed by atoms with Crippen molar-refractivity contribution in [2.45, 2.75) is 17.6 Å². The standard InChI is InChI=1S/C20H15F3N4O2S.C4H8O2/c21-20(22,23)15-7-4-8-16(11-15)27-17-9-10-24-13-18(17)30(28,29)26-19(27)25-12-14-5-2-1-3-6-14;1-2-6-4-3-5-1/h1-11,13H,12H2,(H,25,26);1-4H2. The molecule has 1 N–H and O–H groups in total. The number of aliphatic imine (C=N–C) groups is 1. The number of nitrogens with zero attached hydrogens (tertiary/aromatic N) is 3. The number of ether oxygens (including phenoxy) is 2. The van der Waals surface area contributed by atoms with Crippen LogP contribution in [0.2, 0.25) is 0 Å². The lowest BCUT2D eigenvalue weighted by molar-refractivity contribution is -0.137. The maximum atomic E-state index is 13.3. The van der Waals surface area contributed by atoms with E-state index >= 15 is 0 Å². The molecule has 5 rings (SSSR count). The highest BCUT2D eigenvalue weighted by molar-refractivity contribution is 7.90. The van der Waals surface area contributed by atoms with Crippen LogP contribution in [0.25, 0.3) is 0 Å². The lowest BCUT2D eigenvalue weighted by Crippen LogP contribution is -2.46. The number of anilines is 2. The van der Waals surface area contributed by atoms with E-state index in [1.54, 1.807) is 0 Å². The minimum atomic E-state index is -4.55. The van der Waals surface area contributed by atoms with Crippen LogP contribution in [0.3, 0.4) is 0 Å². The molecular formula is C24H23F3N4O4S. The van der Waals surface area contributed by atoms with Crippen molar-refractivity contribution >= 4 is 27.4 Å². The summed E-state index contributed by atoms with van der Waals surface area (Å²) in [6.45, 7) is 3.24. The fourth-order valence-electron chi connectivity index (χ4n) is 3.47. The number of hydrogen-bond donors (Lipinski definition) is 1. The van der Waals surface area contributed by atoms with Crippen LogP contribution in [-0.2, 0) is 32.2 Å². The van der Waals surface area contributed by atoms with Crippen LogP contribution in [0, 0.1) is 0 Å². The summed E-state index contributed by atoms with van der Waals surface area (Å²) in [6, 6.07) is 15.1. The van der Waals surface area contributed by atoms with Gasteiger partial charge in [-0.1, -0.05) is 36.4 Å². The predicted molar refractivity (Wildman–Crippen MR) is 127 cm³/mol. The lowest BCUT2D eigenvalue weighted by Gasteiger charge is -2.32. The van der Waals surface area contributed by atoms with Crippen LogP contribution in [-0.4, -0.2) is 45.8 Å². The fraction of sp³-hybridized carbons (Fsp3) is 0.250. The van der Waals surface area contributed by atoms with Gasteiger partial charge in [-0.2, -0.15) is 13.2 Å². The van der Waals surface area contributed by atoms with Crippen LogP contribution in [0.4, 0.5) is 24.5 Å². The molecule has 190 valence electrons. The molecule has 1 saturated heterocycles. The highest BCUT2D eigenvalue weighted by Crippen LogP contribution is 2.37. The molecule has 0 amide bonds. The molecule has 1 aromatic heterocycles. The normalized spacial score (nSPS) is 18.0. The Labute approximate surface area is 206 Å². The molecule has 2 aliphatic rings. The van der Waals surface area contributed by atoms with E-state index in [4.69, 9.17) is 9.47 Å². The molecular weight excluding hydrogens is 497 g/mol. The number of pyridine rings is 1. The average Bonchev–Trinajstić information content (AvgIpc) is 2.89. The van der Waals surface area contributed by atoms with Gasteiger partial charge in [-0.3, -0.25) is 9.88 Å². The number of sulfonamides is 1. The van der Waals surface area contributed by atoms with Gasteiger partial charge in [-0.05, 0) is 29.8 Å². The minimum absolute atomic E-state index is 0.100. The molecule has 1 fully saturated rings. The topological polar surface area (TPSA) is 93.1 Å². The molecule has 0 atom stereocenters.